The van der Waals surface area contributed by atoms with Crippen LogP contribution in [0.2, 0.25) is 0 Å². The SMILES string of the molecule is CC1(c2ccccc2)CN(CCO)C1. The maximum atomic E-state index is 8.80. The van der Waals surface area contributed by atoms with Gasteiger partial charge in [-0.1, -0.05) is 37.3 Å². The molecule has 2 heteroatoms. The Kier molecular flexibility index (Phi) is 2.57. The molecule has 0 radical (unpaired) electrons. The lowest BCUT2D eigenvalue weighted by atomic mass is 9.75. The molecule has 2 rings (SSSR count). The molecule has 0 aliphatic carbocycles. The number of β-amino-alcohol motifs (C(OH)–C–C–N with tert-alkyl or cyclic N) is 1. The fourth-order valence-electron chi connectivity index (χ4n) is 2.26. The molecule has 0 aromatic heterocycles. The van der Waals surface area contributed by atoms with Gasteiger partial charge >= 0.3 is 0 Å². The summed E-state index contributed by atoms with van der Waals surface area (Å²) in [5, 5.41) is 8.80. The molecule has 0 amide bonds. The summed E-state index contributed by atoms with van der Waals surface area (Å²) in [5.41, 5.74) is 1.71. The molecule has 1 fully saturated rings. The van der Waals surface area contributed by atoms with Gasteiger partial charge in [0.2, 0.25) is 0 Å². The second kappa shape index (κ2) is 3.71. The highest BCUT2D eigenvalue weighted by atomic mass is 16.3. The van der Waals surface area contributed by atoms with Crippen molar-refractivity contribution in [3.05, 3.63) is 35.9 Å². The molecule has 14 heavy (non-hydrogen) atoms. The fourth-order valence-corrected chi connectivity index (χ4v) is 2.26. The third-order valence-corrected chi connectivity index (χ3v) is 3.03. The van der Waals surface area contributed by atoms with Crippen LogP contribution in [-0.4, -0.2) is 36.2 Å². The van der Waals surface area contributed by atoms with E-state index < -0.39 is 0 Å². The van der Waals surface area contributed by atoms with Crippen LogP contribution in [0.25, 0.3) is 0 Å². The van der Waals surface area contributed by atoms with Gasteiger partial charge in [0.15, 0.2) is 0 Å². The van der Waals surface area contributed by atoms with Crippen molar-refractivity contribution in [3.63, 3.8) is 0 Å². The van der Waals surface area contributed by atoms with Crippen LogP contribution in [0.4, 0.5) is 0 Å². The van der Waals surface area contributed by atoms with E-state index in [1.165, 1.54) is 5.56 Å². The van der Waals surface area contributed by atoms with Crippen molar-refractivity contribution >= 4 is 0 Å². The Labute approximate surface area is 85.2 Å². The second-order valence-electron chi connectivity index (χ2n) is 4.36. The van der Waals surface area contributed by atoms with Gasteiger partial charge in [-0.05, 0) is 5.56 Å². The molecule has 1 aromatic rings. The van der Waals surface area contributed by atoms with E-state index in [-0.39, 0.29) is 6.61 Å². The Morgan fingerprint density at radius 1 is 1.29 bits per heavy atom. The summed E-state index contributed by atoms with van der Waals surface area (Å²) >= 11 is 0. The number of aliphatic hydroxyl groups excluding tert-OH is 1. The lowest BCUT2D eigenvalue weighted by molar-refractivity contribution is 0.0596. The third kappa shape index (κ3) is 1.68. The van der Waals surface area contributed by atoms with Crippen molar-refractivity contribution in [2.75, 3.05) is 26.2 Å². The summed E-state index contributed by atoms with van der Waals surface area (Å²) in [6, 6.07) is 10.6. The molecule has 1 aliphatic rings. The smallest absolute Gasteiger partial charge is 0.0558 e. The van der Waals surface area contributed by atoms with Crippen molar-refractivity contribution in [1.29, 1.82) is 0 Å². The molecular formula is C12H17NO. The second-order valence-corrected chi connectivity index (χ2v) is 4.36. The molecule has 1 aromatic carbocycles. The van der Waals surface area contributed by atoms with Gasteiger partial charge in [-0.15, -0.1) is 0 Å². The van der Waals surface area contributed by atoms with Crippen LogP contribution >= 0.6 is 0 Å². The minimum Gasteiger partial charge on any atom is -0.395 e. The van der Waals surface area contributed by atoms with Crippen LogP contribution in [-0.2, 0) is 5.41 Å². The van der Waals surface area contributed by atoms with Gasteiger partial charge in [0.05, 0.1) is 6.61 Å². The van der Waals surface area contributed by atoms with Gasteiger partial charge in [0, 0.05) is 25.0 Å². The Morgan fingerprint density at radius 2 is 1.93 bits per heavy atom. The molecule has 0 atom stereocenters. The van der Waals surface area contributed by atoms with Crippen LogP contribution in [0, 0.1) is 0 Å². The maximum Gasteiger partial charge on any atom is 0.0558 e. The zero-order valence-corrected chi connectivity index (χ0v) is 8.61. The van der Waals surface area contributed by atoms with Crippen molar-refractivity contribution < 1.29 is 5.11 Å². The van der Waals surface area contributed by atoms with Crippen molar-refractivity contribution in [3.8, 4) is 0 Å². The monoisotopic (exact) mass is 191 g/mol. The highest BCUT2D eigenvalue weighted by Crippen LogP contribution is 2.33. The molecule has 2 nitrogen and oxygen atoms in total. The molecule has 0 saturated carbocycles. The summed E-state index contributed by atoms with van der Waals surface area (Å²) in [6.07, 6.45) is 0. The summed E-state index contributed by atoms with van der Waals surface area (Å²) in [4.78, 5) is 2.28. The molecule has 0 spiro atoms. The van der Waals surface area contributed by atoms with Crippen molar-refractivity contribution in [2.45, 2.75) is 12.3 Å². The molecule has 1 N–H and O–H groups in total. The average Bonchev–Trinajstić information content (AvgIpc) is 2.17. The predicted molar refractivity (Wildman–Crippen MR) is 57.3 cm³/mol. The molecule has 76 valence electrons. The number of hydrogen-bond acceptors (Lipinski definition) is 2. The maximum absolute atomic E-state index is 8.80. The molecule has 1 saturated heterocycles. The first-order valence-corrected chi connectivity index (χ1v) is 5.13. The summed E-state index contributed by atoms with van der Waals surface area (Å²) in [6.45, 7) is 5.50. The first kappa shape index (κ1) is 9.69. The van der Waals surface area contributed by atoms with E-state index in [1.54, 1.807) is 0 Å². The third-order valence-electron chi connectivity index (χ3n) is 3.03. The van der Waals surface area contributed by atoms with Gasteiger partial charge in [-0.25, -0.2) is 0 Å². The lowest BCUT2D eigenvalue weighted by Gasteiger charge is -2.48. The van der Waals surface area contributed by atoms with E-state index in [9.17, 15) is 0 Å². The quantitative estimate of drug-likeness (QED) is 0.777. The van der Waals surface area contributed by atoms with Gasteiger partial charge in [0.1, 0.15) is 0 Å². The largest absolute Gasteiger partial charge is 0.395 e. The Bertz CT molecular complexity index is 290. The van der Waals surface area contributed by atoms with E-state index in [0.717, 1.165) is 19.6 Å². The number of hydrogen-bond donors (Lipinski definition) is 1. The topological polar surface area (TPSA) is 23.5 Å². The minimum absolute atomic E-state index is 0.269. The standard InChI is InChI=1S/C12H17NO/c1-12(9-13(10-12)7-8-14)11-5-3-2-4-6-11/h2-6,14H,7-10H2,1H3. The Morgan fingerprint density at radius 3 is 2.50 bits per heavy atom. The molecule has 1 aliphatic heterocycles. The molecular weight excluding hydrogens is 174 g/mol. The number of likely N-dealkylation sites (tertiary alicyclic amines) is 1. The number of aliphatic hydroxyl groups is 1. The zero-order chi connectivity index (χ0) is 10.0. The number of benzene rings is 1. The normalized spacial score (nSPS) is 20.4. The molecule has 1 heterocycles. The van der Waals surface area contributed by atoms with E-state index in [2.05, 4.69) is 42.2 Å². The molecule has 0 bridgehead atoms. The Balaban J connectivity index is 2.01. The summed E-state index contributed by atoms with van der Waals surface area (Å²) in [7, 11) is 0. The first-order chi connectivity index (χ1) is 6.74. The minimum atomic E-state index is 0.269. The number of nitrogens with zero attached hydrogens (tertiary/aromatic N) is 1. The van der Waals surface area contributed by atoms with Crippen LogP contribution in [0.5, 0.6) is 0 Å². The van der Waals surface area contributed by atoms with Gasteiger partial charge < -0.3 is 5.11 Å². The molecule has 0 unspecified atom stereocenters. The lowest BCUT2D eigenvalue weighted by Crippen LogP contribution is -2.58. The average molecular weight is 191 g/mol. The van der Waals surface area contributed by atoms with E-state index in [1.807, 2.05) is 0 Å². The van der Waals surface area contributed by atoms with Crippen LogP contribution in [0.15, 0.2) is 30.3 Å². The number of rotatable bonds is 3. The Hall–Kier alpha value is -0.860. The van der Waals surface area contributed by atoms with Crippen molar-refractivity contribution in [2.24, 2.45) is 0 Å². The van der Waals surface area contributed by atoms with E-state index in [4.69, 9.17) is 5.11 Å². The van der Waals surface area contributed by atoms with E-state index in [0.29, 0.717) is 5.41 Å². The predicted octanol–water partition coefficient (Wildman–Crippen LogP) is 1.25. The zero-order valence-electron chi connectivity index (χ0n) is 8.61. The van der Waals surface area contributed by atoms with Gasteiger partial charge in [-0.2, -0.15) is 0 Å². The summed E-state index contributed by atoms with van der Waals surface area (Å²) in [5.74, 6) is 0. The highest BCUT2D eigenvalue weighted by Gasteiger charge is 2.39. The highest BCUT2D eigenvalue weighted by molar-refractivity contribution is 5.28. The fraction of sp³-hybridized carbons (Fsp3) is 0.500. The van der Waals surface area contributed by atoms with Gasteiger partial charge in [0.25, 0.3) is 0 Å². The van der Waals surface area contributed by atoms with Crippen LogP contribution < -0.4 is 0 Å². The van der Waals surface area contributed by atoms with Gasteiger partial charge in [-0.3, -0.25) is 4.90 Å². The van der Waals surface area contributed by atoms with Crippen LogP contribution in [0.3, 0.4) is 0 Å². The van der Waals surface area contributed by atoms with E-state index >= 15 is 0 Å². The first-order valence-electron chi connectivity index (χ1n) is 5.13. The van der Waals surface area contributed by atoms with Crippen LogP contribution in [0.1, 0.15) is 12.5 Å². The summed E-state index contributed by atoms with van der Waals surface area (Å²) < 4.78 is 0. The van der Waals surface area contributed by atoms with Crippen molar-refractivity contribution in [1.82, 2.24) is 4.90 Å².